The molecule has 6 nitrogen and oxygen atoms in total. The molecular formula is C28H27FN4O2. The van der Waals surface area contributed by atoms with E-state index in [2.05, 4.69) is 9.88 Å². The van der Waals surface area contributed by atoms with Crippen LogP contribution >= 0.6 is 0 Å². The van der Waals surface area contributed by atoms with Gasteiger partial charge in [-0.05, 0) is 67.4 Å². The fourth-order valence-electron chi connectivity index (χ4n) is 4.33. The van der Waals surface area contributed by atoms with Gasteiger partial charge >= 0.3 is 0 Å². The Morgan fingerprint density at radius 2 is 1.71 bits per heavy atom. The number of carbonyl (C=O) groups excluding carboxylic acids is 1. The van der Waals surface area contributed by atoms with Crippen molar-refractivity contribution in [2.24, 2.45) is 0 Å². The van der Waals surface area contributed by atoms with Crippen molar-refractivity contribution in [3.8, 4) is 17.0 Å². The summed E-state index contributed by atoms with van der Waals surface area (Å²) in [6.07, 6.45) is 1.01. The molecule has 1 amide bonds. The quantitative estimate of drug-likeness (QED) is 0.395. The predicted octanol–water partition coefficient (Wildman–Crippen LogP) is 5.42. The maximum absolute atomic E-state index is 13.6. The Kier molecular flexibility index (Phi) is 6.23. The van der Waals surface area contributed by atoms with Gasteiger partial charge in [-0.2, -0.15) is 0 Å². The Hall–Kier alpha value is -4.13. The van der Waals surface area contributed by atoms with E-state index >= 15 is 0 Å². The number of aromatic hydroxyl groups is 1. The van der Waals surface area contributed by atoms with Gasteiger partial charge in [-0.3, -0.25) is 4.79 Å². The first-order valence-corrected chi connectivity index (χ1v) is 11.7. The number of benzene rings is 3. The Morgan fingerprint density at radius 3 is 2.43 bits per heavy atom. The number of amides is 1. The minimum absolute atomic E-state index is 0.0729. The molecule has 1 aromatic heterocycles. The van der Waals surface area contributed by atoms with Crippen LogP contribution in [0, 0.1) is 12.7 Å². The van der Waals surface area contributed by atoms with E-state index in [0.29, 0.717) is 32.5 Å². The fourth-order valence-corrected chi connectivity index (χ4v) is 4.33. The molecule has 0 aliphatic carbocycles. The Bertz CT molecular complexity index is 1330. The highest BCUT2D eigenvalue weighted by Crippen LogP contribution is 2.33. The molecule has 3 aromatic carbocycles. The standard InChI is InChI=1S/C28H27FN4O2/c1-19-2-11-23(12-3-19)30-28-27(21-7-9-22(29)10-8-21)31-25-18-32(16-17-33(25)28)26(35)15-6-20-4-13-24(34)14-5-20/h2-5,7-14,30,34H,6,15-18H2,1H3. The van der Waals surface area contributed by atoms with Crippen LogP contribution in [0.4, 0.5) is 15.9 Å². The molecule has 4 aromatic rings. The van der Waals surface area contributed by atoms with Crippen molar-refractivity contribution in [3.63, 3.8) is 0 Å². The van der Waals surface area contributed by atoms with Gasteiger partial charge in [0.2, 0.25) is 5.91 Å². The number of fused-ring (bicyclic) bond motifs is 1. The second kappa shape index (κ2) is 9.62. The highest BCUT2D eigenvalue weighted by atomic mass is 19.1. The molecule has 1 aliphatic heterocycles. The molecule has 0 saturated carbocycles. The number of aromatic nitrogens is 2. The van der Waals surface area contributed by atoms with Crippen molar-refractivity contribution in [2.45, 2.75) is 32.9 Å². The van der Waals surface area contributed by atoms with Gasteiger partial charge in [-0.15, -0.1) is 0 Å². The first-order chi connectivity index (χ1) is 17.0. The normalized spacial score (nSPS) is 12.9. The molecule has 5 rings (SSSR count). The van der Waals surface area contributed by atoms with Crippen LogP contribution in [-0.4, -0.2) is 32.0 Å². The molecule has 35 heavy (non-hydrogen) atoms. The third kappa shape index (κ3) is 5.04. The van der Waals surface area contributed by atoms with E-state index in [4.69, 9.17) is 4.98 Å². The van der Waals surface area contributed by atoms with E-state index in [-0.39, 0.29) is 17.5 Å². The Labute approximate surface area is 203 Å². The number of carbonyl (C=O) groups is 1. The largest absolute Gasteiger partial charge is 0.508 e. The van der Waals surface area contributed by atoms with Crippen molar-refractivity contribution in [3.05, 3.63) is 95.6 Å². The summed E-state index contributed by atoms with van der Waals surface area (Å²) in [6, 6.07) is 21.4. The first-order valence-electron chi connectivity index (χ1n) is 11.7. The average Bonchev–Trinajstić information content (AvgIpc) is 3.22. The molecule has 0 radical (unpaired) electrons. The zero-order chi connectivity index (χ0) is 24.4. The van der Waals surface area contributed by atoms with Gasteiger partial charge in [0, 0.05) is 30.8 Å². The van der Waals surface area contributed by atoms with E-state index in [1.165, 1.54) is 17.7 Å². The number of phenols is 1. The fraction of sp³-hybridized carbons (Fsp3) is 0.214. The molecular weight excluding hydrogens is 443 g/mol. The van der Waals surface area contributed by atoms with Crippen LogP contribution in [0.1, 0.15) is 23.4 Å². The van der Waals surface area contributed by atoms with Crippen LogP contribution in [0.3, 0.4) is 0 Å². The number of hydrogen-bond acceptors (Lipinski definition) is 4. The maximum atomic E-state index is 13.6. The summed E-state index contributed by atoms with van der Waals surface area (Å²) in [5.74, 6) is 1.63. The lowest BCUT2D eigenvalue weighted by atomic mass is 10.1. The number of hydrogen-bond donors (Lipinski definition) is 2. The molecule has 1 aliphatic rings. The van der Waals surface area contributed by atoms with E-state index < -0.39 is 0 Å². The molecule has 2 N–H and O–H groups in total. The van der Waals surface area contributed by atoms with Crippen LogP contribution in [0.2, 0.25) is 0 Å². The van der Waals surface area contributed by atoms with Gasteiger partial charge in [0.25, 0.3) is 0 Å². The van der Waals surface area contributed by atoms with Crippen LogP contribution in [0.15, 0.2) is 72.8 Å². The van der Waals surface area contributed by atoms with Crippen LogP contribution < -0.4 is 5.32 Å². The van der Waals surface area contributed by atoms with Gasteiger partial charge in [0.1, 0.15) is 28.9 Å². The molecule has 2 heterocycles. The van der Waals surface area contributed by atoms with Gasteiger partial charge in [0.05, 0.1) is 6.54 Å². The zero-order valence-corrected chi connectivity index (χ0v) is 19.5. The SMILES string of the molecule is Cc1ccc(Nc2c(-c3ccc(F)cc3)nc3n2CCN(C(=O)CCc2ccc(O)cc2)C3)cc1. The van der Waals surface area contributed by atoms with Crippen LogP contribution in [-0.2, 0) is 24.3 Å². The minimum atomic E-state index is -0.295. The van der Waals surface area contributed by atoms with Crippen molar-refractivity contribution >= 4 is 17.4 Å². The second-order valence-corrected chi connectivity index (χ2v) is 8.86. The van der Waals surface area contributed by atoms with E-state index in [0.717, 1.165) is 34.2 Å². The maximum Gasteiger partial charge on any atom is 0.223 e. The lowest BCUT2D eigenvalue weighted by Crippen LogP contribution is -2.38. The van der Waals surface area contributed by atoms with E-state index in [9.17, 15) is 14.3 Å². The highest BCUT2D eigenvalue weighted by molar-refractivity contribution is 5.78. The van der Waals surface area contributed by atoms with Crippen LogP contribution in [0.5, 0.6) is 5.75 Å². The molecule has 178 valence electrons. The molecule has 0 saturated heterocycles. The number of nitrogens with zero attached hydrogens (tertiary/aromatic N) is 3. The highest BCUT2D eigenvalue weighted by Gasteiger charge is 2.27. The summed E-state index contributed by atoms with van der Waals surface area (Å²) in [6.45, 7) is 3.66. The van der Waals surface area contributed by atoms with Crippen molar-refractivity contribution < 1.29 is 14.3 Å². The number of imidazole rings is 1. The lowest BCUT2D eigenvalue weighted by molar-refractivity contribution is -0.132. The third-order valence-corrected chi connectivity index (χ3v) is 6.32. The summed E-state index contributed by atoms with van der Waals surface area (Å²) < 4.78 is 15.7. The summed E-state index contributed by atoms with van der Waals surface area (Å²) in [5.41, 5.74) is 4.67. The van der Waals surface area contributed by atoms with Gasteiger partial charge in [-0.25, -0.2) is 9.37 Å². The Balaban J connectivity index is 1.38. The third-order valence-electron chi connectivity index (χ3n) is 6.32. The Morgan fingerprint density at radius 1 is 1.00 bits per heavy atom. The average molecular weight is 471 g/mol. The number of nitrogens with one attached hydrogen (secondary N) is 1. The summed E-state index contributed by atoms with van der Waals surface area (Å²) in [7, 11) is 0. The first kappa shape index (κ1) is 22.7. The summed E-state index contributed by atoms with van der Waals surface area (Å²) in [4.78, 5) is 19.7. The minimum Gasteiger partial charge on any atom is -0.508 e. The number of anilines is 2. The lowest BCUT2D eigenvalue weighted by Gasteiger charge is -2.28. The smallest absolute Gasteiger partial charge is 0.223 e. The van der Waals surface area contributed by atoms with Gasteiger partial charge in [0.15, 0.2) is 0 Å². The monoisotopic (exact) mass is 470 g/mol. The number of phenolic OH excluding ortho intramolecular Hbond substituents is 1. The van der Waals surface area contributed by atoms with Gasteiger partial charge in [-0.1, -0.05) is 29.8 Å². The number of rotatable bonds is 6. The molecule has 7 heteroatoms. The molecule has 0 bridgehead atoms. The van der Waals surface area contributed by atoms with Crippen molar-refractivity contribution in [1.29, 1.82) is 0 Å². The molecule has 0 fully saturated rings. The molecule has 0 spiro atoms. The molecule has 0 atom stereocenters. The number of halogens is 1. The summed E-state index contributed by atoms with van der Waals surface area (Å²) >= 11 is 0. The second-order valence-electron chi connectivity index (χ2n) is 8.86. The van der Waals surface area contributed by atoms with Crippen molar-refractivity contribution in [1.82, 2.24) is 14.5 Å². The van der Waals surface area contributed by atoms with Crippen molar-refractivity contribution in [2.75, 3.05) is 11.9 Å². The number of aryl methyl sites for hydroxylation is 2. The summed E-state index contributed by atoms with van der Waals surface area (Å²) in [5, 5.41) is 12.9. The van der Waals surface area contributed by atoms with E-state index in [1.807, 2.05) is 48.2 Å². The predicted molar refractivity (Wildman–Crippen MR) is 134 cm³/mol. The van der Waals surface area contributed by atoms with Gasteiger partial charge < -0.3 is 19.9 Å². The topological polar surface area (TPSA) is 70.4 Å². The molecule has 0 unspecified atom stereocenters. The zero-order valence-electron chi connectivity index (χ0n) is 19.5. The van der Waals surface area contributed by atoms with Crippen LogP contribution in [0.25, 0.3) is 11.3 Å². The van der Waals surface area contributed by atoms with E-state index in [1.54, 1.807) is 24.3 Å².